The van der Waals surface area contributed by atoms with E-state index in [-0.39, 0.29) is 17.7 Å². The third-order valence-corrected chi connectivity index (χ3v) is 6.51. The molecule has 5 nitrogen and oxygen atoms in total. The van der Waals surface area contributed by atoms with E-state index < -0.39 is 0 Å². The van der Waals surface area contributed by atoms with Crippen LogP contribution in [0.1, 0.15) is 35.6 Å². The van der Waals surface area contributed by atoms with Gasteiger partial charge in [-0.15, -0.1) is 5.10 Å². The number of allylic oxidation sites excluding steroid dienone is 2. The van der Waals surface area contributed by atoms with E-state index in [1.54, 1.807) is 11.8 Å². The van der Waals surface area contributed by atoms with Crippen LogP contribution in [0.2, 0.25) is 0 Å². The van der Waals surface area contributed by atoms with E-state index >= 15 is 0 Å². The second kappa shape index (κ2) is 7.52. The Hall–Kier alpha value is -2.86. The predicted molar refractivity (Wildman–Crippen MR) is 115 cm³/mol. The van der Waals surface area contributed by atoms with Crippen LogP contribution in [0.25, 0.3) is 0 Å². The molecule has 2 atom stereocenters. The number of aryl methyl sites for hydroxylation is 1. The van der Waals surface area contributed by atoms with Crippen LogP contribution in [-0.4, -0.2) is 20.5 Å². The van der Waals surface area contributed by atoms with Gasteiger partial charge in [-0.3, -0.25) is 4.79 Å². The minimum absolute atomic E-state index is 0.162. The number of benzene rings is 2. The molecule has 1 N–H and O–H groups in total. The maximum atomic E-state index is 12.9. The molecule has 0 saturated carbocycles. The molecule has 0 amide bonds. The minimum atomic E-state index is -0.231. The molecule has 2 heterocycles. The van der Waals surface area contributed by atoms with Crippen LogP contribution >= 0.6 is 11.8 Å². The first-order chi connectivity index (χ1) is 14.2. The number of hydrogen-bond acceptors (Lipinski definition) is 5. The SMILES string of the molecule is Cc1ccccc1[C@H]1[C@@H]2C(=O)CCC=C2Nc2nc(SCc3ccccc3)nn21. The van der Waals surface area contributed by atoms with Gasteiger partial charge in [0.2, 0.25) is 11.1 Å². The number of rotatable bonds is 4. The van der Waals surface area contributed by atoms with Gasteiger partial charge in [0.05, 0.1) is 12.0 Å². The van der Waals surface area contributed by atoms with E-state index in [1.165, 1.54) is 5.56 Å². The maximum Gasteiger partial charge on any atom is 0.227 e. The molecule has 5 rings (SSSR count). The van der Waals surface area contributed by atoms with Crippen molar-refractivity contribution in [1.29, 1.82) is 0 Å². The van der Waals surface area contributed by atoms with Gasteiger partial charge in [-0.25, -0.2) is 4.68 Å². The predicted octanol–water partition coefficient (Wildman–Crippen LogP) is 4.76. The summed E-state index contributed by atoms with van der Waals surface area (Å²) in [5.41, 5.74) is 4.50. The molecule has 1 aliphatic heterocycles. The van der Waals surface area contributed by atoms with E-state index in [9.17, 15) is 4.79 Å². The van der Waals surface area contributed by atoms with Crippen LogP contribution in [0.4, 0.5) is 5.95 Å². The first kappa shape index (κ1) is 18.2. The van der Waals surface area contributed by atoms with E-state index in [0.29, 0.717) is 12.4 Å². The van der Waals surface area contributed by atoms with E-state index in [0.717, 1.165) is 34.2 Å². The van der Waals surface area contributed by atoms with Crippen LogP contribution in [0.5, 0.6) is 0 Å². The van der Waals surface area contributed by atoms with Crippen LogP contribution < -0.4 is 5.32 Å². The van der Waals surface area contributed by atoms with E-state index in [1.807, 2.05) is 35.0 Å². The second-order valence-electron chi connectivity index (χ2n) is 7.51. The number of carbonyl (C=O) groups is 1. The Morgan fingerprint density at radius 3 is 2.76 bits per heavy atom. The number of ketones is 1. The summed E-state index contributed by atoms with van der Waals surface area (Å²) < 4.78 is 1.92. The first-order valence-corrected chi connectivity index (χ1v) is 10.9. The summed E-state index contributed by atoms with van der Waals surface area (Å²) in [5.74, 6) is 1.56. The number of thioether (sulfide) groups is 1. The molecule has 3 aromatic rings. The molecule has 146 valence electrons. The number of carbonyl (C=O) groups excluding carboxylic acids is 1. The van der Waals surface area contributed by atoms with E-state index in [4.69, 9.17) is 10.1 Å². The van der Waals surface area contributed by atoms with Gasteiger partial charge in [-0.1, -0.05) is 72.4 Å². The fourth-order valence-corrected chi connectivity index (χ4v) is 4.95. The molecule has 2 aliphatic rings. The van der Waals surface area contributed by atoms with Crippen molar-refractivity contribution in [2.24, 2.45) is 5.92 Å². The first-order valence-electron chi connectivity index (χ1n) is 9.89. The zero-order valence-corrected chi connectivity index (χ0v) is 17.0. The third-order valence-electron chi connectivity index (χ3n) is 5.60. The van der Waals surface area contributed by atoms with Gasteiger partial charge >= 0.3 is 0 Å². The number of nitrogens with one attached hydrogen (secondary N) is 1. The molecule has 0 spiro atoms. The Morgan fingerprint density at radius 1 is 1.14 bits per heavy atom. The minimum Gasteiger partial charge on any atom is -0.328 e. The Labute approximate surface area is 174 Å². The highest BCUT2D eigenvalue weighted by Crippen LogP contribution is 2.42. The number of hydrogen-bond donors (Lipinski definition) is 1. The van der Waals surface area contributed by atoms with E-state index in [2.05, 4.69) is 42.6 Å². The summed E-state index contributed by atoms with van der Waals surface area (Å²) >= 11 is 1.62. The zero-order valence-electron chi connectivity index (χ0n) is 16.2. The Kier molecular flexibility index (Phi) is 4.72. The molecular weight excluding hydrogens is 380 g/mol. The quantitative estimate of drug-likeness (QED) is 0.638. The highest BCUT2D eigenvalue weighted by Gasteiger charge is 2.42. The molecule has 0 unspecified atom stereocenters. The molecule has 1 aliphatic carbocycles. The lowest BCUT2D eigenvalue weighted by Crippen LogP contribution is -2.39. The number of aromatic nitrogens is 3. The summed E-state index contributed by atoms with van der Waals surface area (Å²) in [6, 6.07) is 18.4. The van der Waals surface area contributed by atoms with Crippen molar-refractivity contribution in [2.45, 2.75) is 36.7 Å². The summed E-state index contributed by atoms with van der Waals surface area (Å²) in [7, 11) is 0. The van der Waals surface area contributed by atoms with Gasteiger partial charge in [0, 0.05) is 17.9 Å². The topological polar surface area (TPSA) is 59.8 Å². The van der Waals surface area contributed by atoms with Crippen molar-refractivity contribution in [2.75, 3.05) is 5.32 Å². The lowest BCUT2D eigenvalue weighted by molar-refractivity contribution is -0.123. The highest BCUT2D eigenvalue weighted by molar-refractivity contribution is 7.98. The Morgan fingerprint density at radius 2 is 1.93 bits per heavy atom. The third kappa shape index (κ3) is 3.38. The van der Waals surface area contributed by atoms with Crippen LogP contribution in [0, 0.1) is 12.8 Å². The normalized spacial score (nSPS) is 20.4. The van der Waals surface area contributed by atoms with Gasteiger partial charge < -0.3 is 5.32 Å². The number of nitrogens with zero attached hydrogens (tertiary/aromatic N) is 3. The largest absolute Gasteiger partial charge is 0.328 e. The van der Waals surface area contributed by atoms with Crippen molar-refractivity contribution in [3.05, 3.63) is 83.1 Å². The fourth-order valence-electron chi connectivity index (χ4n) is 4.17. The van der Waals surface area contributed by atoms with Gasteiger partial charge in [0.15, 0.2) is 0 Å². The molecule has 2 aromatic carbocycles. The van der Waals surface area contributed by atoms with Crippen molar-refractivity contribution >= 4 is 23.5 Å². The van der Waals surface area contributed by atoms with Crippen molar-refractivity contribution in [3.63, 3.8) is 0 Å². The monoisotopic (exact) mass is 402 g/mol. The summed E-state index contributed by atoms with van der Waals surface area (Å²) in [6.45, 7) is 2.09. The van der Waals surface area contributed by atoms with Crippen molar-refractivity contribution in [3.8, 4) is 0 Å². The average Bonchev–Trinajstić information content (AvgIpc) is 3.15. The second-order valence-corrected chi connectivity index (χ2v) is 8.45. The van der Waals surface area contributed by atoms with Gasteiger partial charge in [-0.05, 0) is 30.0 Å². The number of Topliss-reactive ketones (excluding diaryl/α,β-unsaturated/α-hetero) is 1. The molecule has 1 aromatic heterocycles. The fraction of sp³-hybridized carbons (Fsp3) is 0.261. The summed E-state index contributed by atoms with van der Waals surface area (Å²) in [4.78, 5) is 17.6. The molecule has 0 radical (unpaired) electrons. The maximum absolute atomic E-state index is 12.9. The lowest BCUT2D eigenvalue weighted by atomic mass is 9.80. The van der Waals surface area contributed by atoms with Crippen LogP contribution in [0.3, 0.4) is 0 Å². The van der Waals surface area contributed by atoms with Crippen LogP contribution in [0.15, 0.2) is 71.5 Å². The average molecular weight is 403 g/mol. The highest BCUT2D eigenvalue weighted by atomic mass is 32.2. The molecule has 29 heavy (non-hydrogen) atoms. The van der Waals surface area contributed by atoms with Crippen molar-refractivity contribution < 1.29 is 4.79 Å². The van der Waals surface area contributed by atoms with Crippen molar-refractivity contribution in [1.82, 2.24) is 14.8 Å². The molecule has 0 fully saturated rings. The summed E-state index contributed by atoms with van der Waals surface area (Å²) in [5, 5.41) is 8.92. The van der Waals surface area contributed by atoms with Gasteiger partial charge in [0.25, 0.3) is 0 Å². The standard InChI is InChI=1S/C23H22N4OS/c1-15-8-5-6-11-17(15)21-20-18(12-7-13-19(20)28)24-22-25-23(26-27(21)22)29-14-16-9-3-2-4-10-16/h2-6,8-12,20-21H,7,13-14H2,1H3,(H,24,25,26)/t20-,21-/m0/s1. The van der Waals surface area contributed by atoms with Gasteiger partial charge in [-0.2, -0.15) is 4.98 Å². The lowest BCUT2D eigenvalue weighted by Gasteiger charge is -2.36. The number of anilines is 1. The molecule has 0 bridgehead atoms. The molecular formula is C23H22N4OS. The summed E-state index contributed by atoms with van der Waals surface area (Å²) in [6.07, 6.45) is 3.51. The number of fused-ring (bicyclic) bond motifs is 2. The molecule has 6 heteroatoms. The smallest absolute Gasteiger partial charge is 0.227 e. The Bertz CT molecular complexity index is 1090. The zero-order chi connectivity index (χ0) is 19.8. The Balaban J connectivity index is 1.54. The molecule has 0 saturated heterocycles. The van der Waals surface area contributed by atoms with Crippen LogP contribution in [-0.2, 0) is 10.5 Å². The van der Waals surface area contributed by atoms with Gasteiger partial charge in [0.1, 0.15) is 5.78 Å².